The van der Waals surface area contributed by atoms with Crippen LogP contribution in [0.3, 0.4) is 0 Å². The monoisotopic (exact) mass is 359 g/mol. The zero-order valence-corrected chi connectivity index (χ0v) is 14.8. The van der Waals surface area contributed by atoms with Crippen LogP contribution < -0.4 is 20.0 Å². The second-order valence-corrected chi connectivity index (χ2v) is 6.18. The van der Waals surface area contributed by atoms with Crippen LogP contribution in [0, 0.1) is 5.82 Å². The van der Waals surface area contributed by atoms with E-state index in [2.05, 4.69) is 10.2 Å². The molecule has 0 fully saturated rings. The fourth-order valence-corrected chi connectivity index (χ4v) is 3.20. The zero-order chi connectivity index (χ0) is 18.7. The molecule has 1 heterocycles. The van der Waals surface area contributed by atoms with E-state index in [4.69, 9.17) is 4.74 Å². The van der Waals surface area contributed by atoms with Crippen molar-refractivity contribution >= 4 is 17.4 Å². The number of hydrogen-bond acceptors (Lipinski definition) is 4. The second kappa shape index (κ2) is 7.61. The maximum atomic E-state index is 14.5. The van der Waals surface area contributed by atoms with Gasteiger partial charge in [0.1, 0.15) is 11.4 Å². The van der Waals surface area contributed by atoms with Crippen LogP contribution in [0.25, 0.3) is 0 Å². The molecular weight excluding hydrogens is 337 g/mol. The Morgan fingerprint density at radius 3 is 2.92 bits per heavy atom. The quantitative estimate of drug-likeness (QED) is 0.649. The fraction of sp³-hybridized carbons (Fsp3) is 0.316. The summed E-state index contributed by atoms with van der Waals surface area (Å²) in [5.41, 5.74) is 2.60. The summed E-state index contributed by atoms with van der Waals surface area (Å²) in [5.74, 6) is 0.134. The molecule has 2 aromatic carbocycles. The van der Waals surface area contributed by atoms with Crippen molar-refractivity contribution < 1.29 is 19.1 Å². The maximum absolute atomic E-state index is 14.5. The summed E-state index contributed by atoms with van der Waals surface area (Å²) >= 11 is 0. The minimum absolute atomic E-state index is 0.147. The molecule has 0 saturated heterocycles. The van der Waals surface area contributed by atoms with Gasteiger partial charge in [-0.3, -0.25) is 5.21 Å². The van der Waals surface area contributed by atoms with E-state index in [1.165, 1.54) is 19.2 Å². The molecule has 0 saturated carbocycles. The van der Waals surface area contributed by atoms with Crippen molar-refractivity contribution in [3.63, 3.8) is 0 Å². The summed E-state index contributed by atoms with van der Waals surface area (Å²) in [7, 11) is 3.00. The fourth-order valence-electron chi connectivity index (χ4n) is 3.20. The van der Waals surface area contributed by atoms with Gasteiger partial charge in [-0.2, -0.15) is 5.06 Å². The Morgan fingerprint density at radius 2 is 2.19 bits per heavy atom. The summed E-state index contributed by atoms with van der Waals surface area (Å²) in [4.78, 5) is 13.7. The van der Waals surface area contributed by atoms with Gasteiger partial charge in [0.2, 0.25) is 0 Å². The lowest BCUT2D eigenvalue weighted by atomic mass is 9.99. The number of hydrogen-bond donors (Lipinski definition) is 2. The minimum Gasteiger partial charge on any atom is -0.497 e. The van der Waals surface area contributed by atoms with Crippen LogP contribution in [0.15, 0.2) is 36.4 Å². The lowest BCUT2D eigenvalue weighted by molar-refractivity contribution is 0.205. The van der Waals surface area contributed by atoms with Gasteiger partial charge in [0, 0.05) is 25.8 Å². The number of hydroxylamine groups is 1. The van der Waals surface area contributed by atoms with Crippen LogP contribution in [-0.4, -0.2) is 31.9 Å². The number of fused-ring (bicyclic) bond motifs is 1. The normalized spacial score (nSPS) is 13.2. The molecule has 0 atom stereocenters. The standard InChI is InChI=1S/C19H22FN3O3/c1-21-19(24)23(25)18-10-14-6-4-8-22(17(14)11-16(18)20)12-13-5-3-7-15(9-13)26-2/h3,5,7,9-11,25H,4,6,8,12H2,1-2H3,(H,21,24). The molecule has 2 aromatic rings. The van der Waals surface area contributed by atoms with E-state index in [9.17, 15) is 14.4 Å². The number of aryl methyl sites for hydroxylation is 1. The van der Waals surface area contributed by atoms with Gasteiger partial charge in [0.25, 0.3) is 0 Å². The number of benzene rings is 2. The van der Waals surface area contributed by atoms with Gasteiger partial charge >= 0.3 is 6.03 Å². The SMILES string of the molecule is CNC(=O)N(O)c1cc2c(cc1F)N(Cc1cccc(OC)c1)CCC2. The Balaban J connectivity index is 1.90. The molecule has 1 aliphatic rings. The summed E-state index contributed by atoms with van der Waals surface area (Å²) in [5, 5.41) is 12.5. The van der Waals surface area contributed by atoms with Gasteiger partial charge in [0.05, 0.1) is 7.11 Å². The van der Waals surface area contributed by atoms with Gasteiger partial charge in [-0.15, -0.1) is 0 Å². The van der Waals surface area contributed by atoms with Crippen molar-refractivity contribution in [3.05, 3.63) is 53.3 Å². The molecule has 7 heteroatoms. The van der Waals surface area contributed by atoms with E-state index in [-0.39, 0.29) is 5.69 Å². The molecule has 0 radical (unpaired) electrons. The first-order valence-electron chi connectivity index (χ1n) is 8.44. The topological polar surface area (TPSA) is 65.0 Å². The van der Waals surface area contributed by atoms with Crippen molar-refractivity contribution in [1.82, 2.24) is 5.32 Å². The Kier molecular flexibility index (Phi) is 5.27. The number of nitrogens with one attached hydrogen (secondary N) is 1. The predicted molar refractivity (Wildman–Crippen MR) is 97.5 cm³/mol. The minimum atomic E-state index is -0.784. The molecular formula is C19H22FN3O3. The summed E-state index contributed by atoms with van der Waals surface area (Å²) in [6, 6.07) is 9.91. The van der Waals surface area contributed by atoms with E-state index in [1.54, 1.807) is 7.11 Å². The van der Waals surface area contributed by atoms with E-state index >= 15 is 0 Å². The van der Waals surface area contributed by atoms with Crippen molar-refractivity contribution in [2.24, 2.45) is 0 Å². The van der Waals surface area contributed by atoms with Gasteiger partial charge in [-0.1, -0.05) is 12.1 Å². The average molecular weight is 359 g/mol. The van der Waals surface area contributed by atoms with Gasteiger partial charge in [-0.25, -0.2) is 9.18 Å². The Bertz CT molecular complexity index is 813. The van der Waals surface area contributed by atoms with E-state index in [0.717, 1.165) is 42.0 Å². The molecule has 2 N–H and O–H groups in total. The molecule has 26 heavy (non-hydrogen) atoms. The Labute approximate surface area is 151 Å². The second-order valence-electron chi connectivity index (χ2n) is 6.18. The van der Waals surface area contributed by atoms with Crippen molar-refractivity contribution in [1.29, 1.82) is 0 Å². The summed E-state index contributed by atoms with van der Waals surface area (Å²) in [6.07, 6.45) is 1.67. The highest BCUT2D eigenvalue weighted by atomic mass is 19.1. The number of rotatable bonds is 4. The summed E-state index contributed by atoms with van der Waals surface area (Å²) in [6.45, 7) is 1.43. The molecule has 138 valence electrons. The molecule has 0 spiro atoms. The number of ether oxygens (including phenoxy) is 1. The summed E-state index contributed by atoms with van der Waals surface area (Å²) < 4.78 is 19.8. The lowest BCUT2D eigenvalue weighted by Crippen LogP contribution is -2.36. The van der Waals surface area contributed by atoms with Crippen LogP contribution in [-0.2, 0) is 13.0 Å². The first-order valence-corrected chi connectivity index (χ1v) is 8.44. The number of carbonyl (C=O) groups excluding carboxylic acids is 1. The van der Waals surface area contributed by atoms with Gasteiger partial charge in [-0.05, 0) is 48.2 Å². The highest BCUT2D eigenvalue weighted by molar-refractivity contribution is 5.90. The third kappa shape index (κ3) is 3.57. The largest absolute Gasteiger partial charge is 0.497 e. The van der Waals surface area contributed by atoms with Crippen LogP contribution in [0.4, 0.5) is 20.6 Å². The molecule has 6 nitrogen and oxygen atoms in total. The first-order chi connectivity index (χ1) is 12.5. The Morgan fingerprint density at radius 1 is 1.38 bits per heavy atom. The molecule has 0 aromatic heterocycles. The van der Waals surface area contributed by atoms with Crippen LogP contribution in [0.5, 0.6) is 5.75 Å². The zero-order valence-electron chi connectivity index (χ0n) is 14.8. The number of halogens is 1. The lowest BCUT2D eigenvalue weighted by Gasteiger charge is -2.32. The molecule has 1 aliphatic heterocycles. The van der Waals surface area contributed by atoms with E-state index < -0.39 is 11.8 Å². The number of amides is 2. The highest BCUT2D eigenvalue weighted by Crippen LogP contribution is 2.34. The van der Waals surface area contributed by atoms with Crippen LogP contribution in [0.1, 0.15) is 17.5 Å². The van der Waals surface area contributed by atoms with Gasteiger partial charge < -0.3 is 15.0 Å². The maximum Gasteiger partial charge on any atom is 0.345 e. The predicted octanol–water partition coefficient (Wildman–Crippen LogP) is 3.32. The molecule has 0 bridgehead atoms. The Hall–Kier alpha value is -2.80. The smallest absolute Gasteiger partial charge is 0.345 e. The highest BCUT2D eigenvalue weighted by Gasteiger charge is 2.23. The molecule has 2 amide bonds. The molecule has 0 unspecified atom stereocenters. The first kappa shape index (κ1) is 18.0. The van der Waals surface area contributed by atoms with Crippen molar-refractivity contribution in [3.8, 4) is 5.75 Å². The molecule has 3 rings (SSSR count). The number of carbonyl (C=O) groups is 1. The number of anilines is 2. The van der Waals surface area contributed by atoms with Crippen LogP contribution in [0.2, 0.25) is 0 Å². The third-order valence-electron chi connectivity index (χ3n) is 4.50. The average Bonchev–Trinajstić information content (AvgIpc) is 2.67. The van der Waals surface area contributed by atoms with Crippen molar-refractivity contribution in [2.75, 3.05) is 30.7 Å². The van der Waals surface area contributed by atoms with E-state index in [0.29, 0.717) is 11.6 Å². The van der Waals surface area contributed by atoms with Crippen molar-refractivity contribution in [2.45, 2.75) is 19.4 Å². The number of nitrogens with zero attached hydrogens (tertiary/aromatic N) is 2. The number of urea groups is 1. The third-order valence-corrected chi connectivity index (χ3v) is 4.50. The molecule has 0 aliphatic carbocycles. The number of methoxy groups -OCH3 is 1. The van der Waals surface area contributed by atoms with Crippen LogP contribution >= 0.6 is 0 Å². The van der Waals surface area contributed by atoms with E-state index in [1.807, 2.05) is 24.3 Å². The van der Waals surface area contributed by atoms with Gasteiger partial charge in [0.15, 0.2) is 5.82 Å².